The zero-order chi connectivity index (χ0) is 25.5. The van der Waals surface area contributed by atoms with Crippen LogP contribution in [-0.4, -0.2) is 28.1 Å². The van der Waals surface area contributed by atoms with E-state index in [1.807, 2.05) is 48.5 Å². The number of rotatable bonds is 10. The lowest BCUT2D eigenvalue weighted by atomic mass is 10.0. The molecule has 0 aliphatic rings. The molecule has 0 amide bonds. The van der Waals surface area contributed by atoms with Gasteiger partial charge in [0.25, 0.3) is 0 Å². The first-order valence-electron chi connectivity index (χ1n) is 11.2. The van der Waals surface area contributed by atoms with Gasteiger partial charge in [-0.1, -0.05) is 60.1 Å². The van der Waals surface area contributed by atoms with Gasteiger partial charge in [0.05, 0.1) is 11.8 Å². The minimum atomic E-state index is -1.16. The van der Waals surface area contributed by atoms with Crippen LogP contribution < -0.4 is 4.74 Å². The van der Waals surface area contributed by atoms with Crippen molar-refractivity contribution < 1.29 is 29.0 Å². The Morgan fingerprint density at radius 3 is 2.19 bits per heavy atom. The molecule has 4 rings (SSSR count). The molecule has 2 N–H and O–H groups in total. The molecule has 0 aliphatic carbocycles. The highest BCUT2D eigenvalue weighted by Gasteiger charge is 2.22. The molecule has 7 heteroatoms. The number of hydrogen-bond acceptors (Lipinski definition) is 5. The third-order valence-electron chi connectivity index (χ3n) is 5.57. The van der Waals surface area contributed by atoms with Gasteiger partial charge in [-0.15, -0.1) is 0 Å². The summed E-state index contributed by atoms with van der Waals surface area (Å²) in [5, 5.41) is 20.9. The number of ether oxygens (including phenoxy) is 1. The molecule has 0 fully saturated rings. The van der Waals surface area contributed by atoms with Crippen molar-refractivity contribution in [2.24, 2.45) is 0 Å². The maximum absolute atomic E-state index is 12.2. The van der Waals surface area contributed by atoms with Gasteiger partial charge in [0, 0.05) is 11.1 Å². The molecule has 1 atom stereocenters. The van der Waals surface area contributed by atoms with E-state index in [1.165, 1.54) is 12.3 Å². The molecule has 36 heavy (non-hydrogen) atoms. The highest BCUT2D eigenvalue weighted by molar-refractivity contribution is 6.30. The van der Waals surface area contributed by atoms with Crippen LogP contribution in [0, 0.1) is 0 Å². The Bertz CT molecular complexity index is 1360. The van der Waals surface area contributed by atoms with Crippen molar-refractivity contribution >= 4 is 29.1 Å². The van der Waals surface area contributed by atoms with Crippen LogP contribution in [0.4, 0.5) is 0 Å². The van der Waals surface area contributed by atoms with E-state index in [2.05, 4.69) is 0 Å². The molecular weight excluding hydrogens is 480 g/mol. The fourth-order valence-electron chi connectivity index (χ4n) is 3.66. The molecule has 0 bridgehead atoms. The summed E-state index contributed by atoms with van der Waals surface area (Å²) in [7, 11) is 0. The maximum Gasteiger partial charge on any atom is 0.344 e. The van der Waals surface area contributed by atoms with Gasteiger partial charge in [-0.05, 0) is 65.9 Å². The molecule has 6 nitrogen and oxygen atoms in total. The molecule has 4 aromatic rings. The van der Waals surface area contributed by atoms with Crippen LogP contribution >= 0.6 is 11.6 Å². The Labute approximate surface area is 213 Å². The average molecular weight is 503 g/mol. The fraction of sp³-hybridized carbons (Fsp3) is 0.103. The van der Waals surface area contributed by atoms with E-state index in [0.29, 0.717) is 11.4 Å². The lowest BCUT2D eigenvalue weighted by molar-refractivity contribution is -0.145. The van der Waals surface area contributed by atoms with Crippen LogP contribution in [-0.2, 0) is 11.2 Å². The van der Waals surface area contributed by atoms with Crippen LogP contribution in [0.5, 0.6) is 5.75 Å². The summed E-state index contributed by atoms with van der Waals surface area (Å²) in [5.41, 5.74) is 3.23. The number of aliphatic hydroxyl groups is 1. The Morgan fingerprint density at radius 1 is 0.889 bits per heavy atom. The van der Waals surface area contributed by atoms with Crippen molar-refractivity contribution in [2.45, 2.75) is 18.9 Å². The maximum atomic E-state index is 12.2. The normalized spacial score (nSPS) is 12.2. The molecule has 182 valence electrons. The fourth-order valence-corrected chi connectivity index (χ4v) is 3.79. The zero-order valence-corrected chi connectivity index (χ0v) is 19.9. The van der Waals surface area contributed by atoms with Gasteiger partial charge in [0.15, 0.2) is 11.9 Å². The largest absolute Gasteiger partial charge is 0.507 e. The molecule has 0 spiro atoms. The van der Waals surface area contributed by atoms with Crippen molar-refractivity contribution in [1.29, 1.82) is 0 Å². The topological polar surface area (TPSA) is 97.0 Å². The number of carboxylic acid groups (broad SMARTS) is 1. The first kappa shape index (κ1) is 24.8. The van der Waals surface area contributed by atoms with Crippen molar-refractivity contribution in [3.63, 3.8) is 0 Å². The summed E-state index contributed by atoms with van der Waals surface area (Å²) in [6.07, 6.45) is 1.89. The number of benzene rings is 3. The molecule has 1 heterocycles. The number of carbonyl (C=O) groups excluding carboxylic acids is 1. The number of ketones is 1. The van der Waals surface area contributed by atoms with E-state index in [9.17, 15) is 19.8 Å². The van der Waals surface area contributed by atoms with Crippen LogP contribution in [0.25, 0.3) is 16.9 Å². The minimum absolute atomic E-state index is 0.0745. The number of carboxylic acids is 1. The average Bonchev–Trinajstić information content (AvgIpc) is 3.43. The SMILES string of the molecule is O=C(C=C(O)c1ccccc1OC(CCc1ccc(-c2ccc(Cl)cc2)cc1)C(=O)O)c1ccco1. The number of furan rings is 1. The van der Waals surface area contributed by atoms with E-state index in [4.69, 9.17) is 20.8 Å². The molecule has 3 aromatic carbocycles. The Balaban J connectivity index is 1.45. The quantitative estimate of drug-likeness (QED) is 0.140. The molecule has 0 aliphatic heterocycles. The standard InChI is InChI=1S/C29H23ClO6/c30-22-14-12-21(13-15-22)20-10-7-19(8-11-20)9-16-28(29(33)34)36-26-5-2-1-4-23(26)24(31)18-25(32)27-6-3-17-35-27/h1-8,10-15,17-18,28,31H,9,16H2,(H,33,34). The summed E-state index contributed by atoms with van der Waals surface area (Å²) in [6.45, 7) is 0. The second-order valence-electron chi connectivity index (χ2n) is 8.05. The van der Waals surface area contributed by atoms with Crippen molar-refractivity contribution in [3.8, 4) is 16.9 Å². The smallest absolute Gasteiger partial charge is 0.344 e. The van der Waals surface area contributed by atoms with Gasteiger partial charge < -0.3 is 19.4 Å². The van der Waals surface area contributed by atoms with Crippen molar-refractivity contribution in [3.05, 3.63) is 119 Å². The Kier molecular flexibility index (Phi) is 7.88. The second-order valence-corrected chi connectivity index (χ2v) is 8.49. The van der Waals surface area contributed by atoms with E-state index in [1.54, 1.807) is 30.3 Å². The predicted molar refractivity (Wildman–Crippen MR) is 137 cm³/mol. The summed E-state index contributed by atoms with van der Waals surface area (Å²) in [4.78, 5) is 24.2. The van der Waals surface area contributed by atoms with Crippen LogP contribution in [0.1, 0.15) is 28.1 Å². The van der Waals surface area contributed by atoms with E-state index >= 15 is 0 Å². The molecular formula is C29H23ClO6. The van der Waals surface area contributed by atoms with E-state index in [-0.39, 0.29) is 29.3 Å². The highest BCUT2D eigenvalue weighted by Crippen LogP contribution is 2.27. The molecule has 0 saturated carbocycles. The van der Waals surface area contributed by atoms with Gasteiger partial charge in [0.2, 0.25) is 5.78 Å². The molecule has 1 unspecified atom stereocenters. The number of aryl methyl sites for hydroxylation is 1. The molecule has 0 radical (unpaired) electrons. The summed E-state index contributed by atoms with van der Waals surface area (Å²) < 4.78 is 10.8. The summed E-state index contributed by atoms with van der Waals surface area (Å²) in [5.74, 6) is -1.77. The minimum Gasteiger partial charge on any atom is -0.507 e. The van der Waals surface area contributed by atoms with Gasteiger partial charge in [0.1, 0.15) is 11.5 Å². The number of aliphatic carboxylic acids is 1. The summed E-state index contributed by atoms with van der Waals surface area (Å²) >= 11 is 5.95. The molecule has 0 saturated heterocycles. The van der Waals surface area contributed by atoms with Gasteiger partial charge in [-0.2, -0.15) is 0 Å². The highest BCUT2D eigenvalue weighted by atomic mass is 35.5. The molecule has 1 aromatic heterocycles. The number of halogens is 1. The number of para-hydroxylation sites is 1. The predicted octanol–water partition coefficient (Wildman–Crippen LogP) is 6.85. The van der Waals surface area contributed by atoms with E-state index < -0.39 is 17.9 Å². The zero-order valence-electron chi connectivity index (χ0n) is 19.1. The summed E-state index contributed by atoms with van der Waals surface area (Å²) in [6, 6.07) is 24.9. The lowest BCUT2D eigenvalue weighted by Gasteiger charge is -2.17. The Morgan fingerprint density at radius 2 is 1.56 bits per heavy atom. The van der Waals surface area contributed by atoms with Gasteiger partial charge >= 0.3 is 5.97 Å². The van der Waals surface area contributed by atoms with Gasteiger partial charge in [-0.25, -0.2) is 4.79 Å². The van der Waals surface area contributed by atoms with Gasteiger partial charge in [-0.3, -0.25) is 4.79 Å². The first-order chi connectivity index (χ1) is 17.4. The van der Waals surface area contributed by atoms with Crippen molar-refractivity contribution in [2.75, 3.05) is 0 Å². The van der Waals surface area contributed by atoms with E-state index in [0.717, 1.165) is 22.8 Å². The monoisotopic (exact) mass is 502 g/mol. The first-order valence-corrected chi connectivity index (χ1v) is 11.6. The third-order valence-corrected chi connectivity index (χ3v) is 5.82. The van der Waals surface area contributed by atoms with Crippen LogP contribution in [0.15, 0.2) is 102 Å². The van der Waals surface area contributed by atoms with Crippen LogP contribution in [0.2, 0.25) is 5.02 Å². The lowest BCUT2D eigenvalue weighted by Crippen LogP contribution is -2.28. The van der Waals surface area contributed by atoms with Crippen molar-refractivity contribution in [1.82, 2.24) is 0 Å². The third kappa shape index (κ3) is 6.23. The number of carbonyl (C=O) groups is 2. The number of hydrogen-bond donors (Lipinski definition) is 2. The Hall–Kier alpha value is -4.29. The van der Waals surface area contributed by atoms with Crippen LogP contribution in [0.3, 0.4) is 0 Å². The second kappa shape index (κ2) is 11.4. The number of allylic oxidation sites excluding steroid dienone is 1. The number of aliphatic hydroxyl groups excluding tert-OH is 1.